The van der Waals surface area contributed by atoms with E-state index in [2.05, 4.69) is 0 Å². The van der Waals surface area contributed by atoms with E-state index in [9.17, 15) is 13.2 Å². The van der Waals surface area contributed by atoms with E-state index in [1.807, 2.05) is 6.92 Å². The van der Waals surface area contributed by atoms with Crippen LogP contribution in [0.1, 0.15) is 49.3 Å². The highest BCUT2D eigenvalue weighted by Crippen LogP contribution is 2.52. The van der Waals surface area contributed by atoms with Crippen LogP contribution in [0.25, 0.3) is 22.3 Å². The molecule has 1 nitrogen and oxygen atoms in total. The second kappa shape index (κ2) is 8.33. The summed E-state index contributed by atoms with van der Waals surface area (Å²) in [7, 11) is 0. The molecule has 0 aromatic heterocycles. The number of rotatable bonds is 5. The average molecular weight is 432 g/mol. The Balaban J connectivity index is 1.86. The summed E-state index contributed by atoms with van der Waals surface area (Å²) in [5, 5.41) is 0. The van der Waals surface area contributed by atoms with Gasteiger partial charge in [0.1, 0.15) is 11.6 Å². The molecule has 2 unspecified atom stereocenters. The molecule has 0 spiro atoms. The Hall–Kier alpha value is -2.89. The number of alkyl halides is 2. The summed E-state index contributed by atoms with van der Waals surface area (Å²) in [4.78, 5) is 0. The number of hydrogen-bond acceptors (Lipinski definition) is 1. The molecule has 4 rings (SSSR count). The topological polar surface area (TPSA) is 9.23 Å². The zero-order chi connectivity index (χ0) is 22.3. The van der Waals surface area contributed by atoms with Crippen molar-refractivity contribution in [3.8, 4) is 28.0 Å². The quantitative estimate of drug-likeness (QED) is 0.374. The van der Waals surface area contributed by atoms with E-state index in [4.69, 9.17) is 4.74 Å². The molecule has 6 heteroatoms. The van der Waals surface area contributed by atoms with Crippen molar-refractivity contribution in [1.29, 1.82) is 0 Å². The van der Waals surface area contributed by atoms with Crippen molar-refractivity contribution in [3.05, 3.63) is 76.6 Å². The highest BCUT2D eigenvalue weighted by molar-refractivity contribution is 5.79. The summed E-state index contributed by atoms with van der Waals surface area (Å²) in [6.45, 7) is 3.73. The van der Waals surface area contributed by atoms with Gasteiger partial charge >= 0.3 is 0 Å². The standard InChI is InChI=1S/C25H21F5O/c1-3-5-13-6-7-14(12-18(13)26)15-8-9-16-17-10-11-19(31-4-2)23(28)21(17)25(30)24(29)20(16)22(15)27/h6-12,24-25H,3-5H2,1-2H3. The maximum absolute atomic E-state index is 15.4. The van der Waals surface area contributed by atoms with Crippen molar-refractivity contribution >= 4 is 0 Å². The third-order valence-electron chi connectivity index (χ3n) is 5.61. The third kappa shape index (κ3) is 3.48. The maximum Gasteiger partial charge on any atom is 0.171 e. The van der Waals surface area contributed by atoms with E-state index in [0.717, 1.165) is 6.42 Å². The van der Waals surface area contributed by atoms with E-state index in [1.54, 1.807) is 19.1 Å². The van der Waals surface area contributed by atoms with E-state index >= 15 is 8.78 Å². The molecular weight excluding hydrogens is 411 g/mol. The van der Waals surface area contributed by atoms with Gasteiger partial charge in [-0.05, 0) is 47.7 Å². The van der Waals surface area contributed by atoms with Crippen molar-refractivity contribution in [2.24, 2.45) is 0 Å². The zero-order valence-corrected chi connectivity index (χ0v) is 17.1. The van der Waals surface area contributed by atoms with Crippen LogP contribution in [0.15, 0.2) is 42.5 Å². The first-order valence-corrected chi connectivity index (χ1v) is 10.2. The van der Waals surface area contributed by atoms with Crippen LogP contribution in [-0.4, -0.2) is 6.61 Å². The van der Waals surface area contributed by atoms with Gasteiger partial charge in [0.05, 0.1) is 6.61 Å². The Morgan fingerprint density at radius 1 is 0.774 bits per heavy atom. The van der Waals surface area contributed by atoms with Gasteiger partial charge in [-0.2, -0.15) is 0 Å². The molecule has 162 valence electrons. The van der Waals surface area contributed by atoms with Crippen molar-refractivity contribution in [2.75, 3.05) is 6.61 Å². The molecule has 0 heterocycles. The fourth-order valence-electron chi connectivity index (χ4n) is 4.14. The molecule has 0 bridgehead atoms. The molecule has 2 atom stereocenters. The Morgan fingerprint density at radius 2 is 1.39 bits per heavy atom. The normalized spacial score (nSPS) is 17.3. The first kappa shape index (κ1) is 21.3. The SMILES string of the molecule is CCCc1ccc(-c2ccc3c(c2F)C(F)C(F)c2c-3ccc(OCC)c2F)cc1F. The zero-order valence-electron chi connectivity index (χ0n) is 17.1. The lowest BCUT2D eigenvalue weighted by molar-refractivity contribution is 0.159. The van der Waals surface area contributed by atoms with Crippen LogP contribution >= 0.6 is 0 Å². The molecule has 0 saturated carbocycles. The molecule has 1 aliphatic carbocycles. The Kier molecular flexibility index (Phi) is 5.73. The lowest BCUT2D eigenvalue weighted by Crippen LogP contribution is -2.16. The molecule has 31 heavy (non-hydrogen) atoms. The molecule has 3 aromatic rings. The highest BCUT2D eigenvalue weighted by Gasteiger charge is 2.40. The van der Waals surface area contributed by atoms with Gasteiger partial charge in [-0.25, -0.2) is 22.0 Å². The van der Waals surface area contributed by atoms with E-state index in [0.29, 0.717) is 12.0 Å². The molecule has 3 aromatic carbocycles. The van der Waals surface area contributed by atoms with Gasteiger partial charge in [-0.3, -0.25) is 0 Å². The van der Waals surface area contributed by atoms with E-state index < -0.39 is 40.9 Å². The van der Waals surface area contributed by atoms with Crippen molar-refractivity contribution in [1.82, 2.24) is 0 Å². The fourth-order valence-corrected chi connectivity index (χ4v) is 4.14. The van der Waals surface area contributed by atoms with Crippen molar-refractivity contribution in [2.45, 2.75) is 39.0 Å². The minimum Gasteiger partial charge on any atom is -0.491 e. The Bertz CT molecular complexity index is 1140. The Morgan fingerprint density at radius 3 is 2.00 bits per heavy atom. The molecule has 0 N–H and O–H groups in total. The van der Waals surface area contributed by atoms with Gasteiger partial charge in [-0.15, -0.1) is 0 Å². The minimum atomic E-state index is -2.40. The van der Waals surface area contributed by atoms with Crippen LogP contribution in [0.2, 0.25) is 0 Å². The number of hydrogen-bond donors (Lipinski definition) is 0. The molecule has 0 radical (unpaired) electrons. The highest BCUT2D eigenvalue weighted by atomic mass is 19.2. The number of aryl methyl sites for hydroxylation is 1. The predicted molar refractivity (Wildman–Crippen MR) is 110 cm³/mol. The second-order valence-corrected chi connectivity index (χ2v) is 7.52. The van der Waals surface area contributed by atoms with Crippen molar-refractivity contribution in [3.63, 3.8) is 0 Å². The summed E-state index contributed by atoms with van der Waals surface area (Å²) in [6, 6.07) is 9.84. The van der Waals surface area contributed by atoms with Gasteiger partial charge in [0.2, 0.25) is 0 Å². The van der Waals surface area contributed by atoms with Crippen LogP contribution in [0.3, 0.4) is 0 Å². The molecule has 0 amide bonds. The number of halogens is 5. The van der Waals surface area contributed by atoms with Crippen LogP contribution < -0.4 is 4.74 Å². The molecular formula is C25H21F5O. The second-order valence-electron chi connectivity index (χ2n) is 7.52. The van der Waals surface area contributed by atoms with Gasteiger partial charge in [0.25, 0.3) is 0 Å². The Labute approximate surface area is 177 Å². The lowest BCUT2D eigenvalue weighted by Gasteiger charge is -2.28. The average Bonchev–Trinajstić information content (AvgIpc) is 2.75. The molecule has 0 fully saturated rings. The maximum atomic E-state index is 15.4. The van der Waals surface area contributed by atoms with Crippen LogP contribution in [0.4, 0.5) is 22.0 Å². The third-order valence-corrected chi connectivity index (χ3v) is 5.61. The monoisotopic (exact) mass is 432 g/mol. The van der Waals surface area contributed by atoms with Crippen LogP contribution in [0.5, 0.6) is 5.75 Å². The molecule has 1 aliphatic rings. The number of fused-ring (bicyclic) bond motifs is 3. The van der Waals surface area contributed by atoms with Gasteiger partial charge in [-0.1, -0.05) is 43.7 Å². The summed E-state index contributed by atoms with van der Waals surface area (Å²) >= 11 is 0. The van der Waals surface area contributed by atoms with E-state index in [-0.39, 0.29) is 34.6 Å². The summed E-state index contributed by atoms with van der Waals surface area (Å²) in [6.07, 6.45) is -3.50. The van der Waals surface area contributed by atoms with Crippen molar-refractivity contribution < 1.29 is 26.7 Å². The number of benzene rings is 3. The predicted octanol–water partition coefficient (Wildman–Crippen LogP) is 7.82. The van der Waals surface area contributed by atoms with Gasteiger partial charge in [0.15, 0.2) is 23.9 Å². The van der Waals surface area contributed by atoms with Crippen LogP contribution in [0, 0.1) is 17.5 Å². The number of ether oxygens (including phenoxy) is 1. The van der Waals surface area contributed by atoms with E-state index in [1.165, 1.54) is 30.3 Å². The molecule has 0 saturated heterocycles. The summed E-state index contributed by atoms with van der Waals surface area (Å²) < 4.78 is 79.7. The molecule has 0 aliphatic heterocycles. The first-order chi connectivity index (χ1) is 14.9. The summed E-state index contributed by atoms with van der Waals surface area (Å²) in [5.74, 6) is -2.62. The largest absolute Gasteiger partial charge is 0.491 e. The smallest absolute Gasteiger partial charge is 0.171 e. The lowest BCUT2D eigenvalue weighted by atomic mass is 9.81. The first-order valence-electron chi connectivity index (χ1n) is 10.2. The van der Waals surface area contributed by atoms with Crippen LogP contribution in [-0.2, 0) is 6.42 Å². The fraction of sp³-hybridized carbons (Fsp3) is 0.280. The van der Waals surface area contributed by atoms with Gasteiger partial charge in [0, 0.05) is 16.7 Å². The summed E-state index contributed by atoms with van der Waals surface area (Å²) in [5.41, 5.74) is -0.122. The van der Waals surface area contributed by atoms with Gasteiger partial charge < -0.3 is 4.74 Å². The minimum absolute atomic E-state index is 0.0367.